The fraction of sp³-hybridized carbons (Fsp3) is 0.417. The number of hydrogen-bond donors (Lipinski definition) is 1. The zero-order valence-corrected chi connectivity index (χ0v) is 10.9. The van der Waals surface area contributed by atoms with E-state index in [-0.39, 0.29) is 4.88 Å². The highest BCUT2D eigenvalue weighted by atomic mass is 32.1. The van der Waals surface area contributed by atoms with Crippen molar-refractivity contribution in [2.45, 2.75) is 32.0 Å². The first-order valence-electron chi connectivity index (χ1n) is 5.86. The summed E-state index contributed by atoms with van der Waals surface area (Å²) in [5.74, 6) is -1.83. The number of hydrogen-bond acceptors (Lipinski definition) is 5. The molecule has 3 heterocycles. The number of anilines is 1. The van der Waals surface area contributed by atoms with E-state index in [0.29, 0.717) is 23.4 Å². The normalized spacial score (nSPS) is 26.1. The predicted octanol–water partition coefficient (Wildman–Crippen LogP) is 1.18. The number of aryl methyl sites for hydroxylation is 1. The SMILES string of the molecule is Cc1cc(N2C(=O)C3CCC(O3)C2=O)sc1C(=O)O. The van der Waals surface area contributed by atoms with Gasteiger partial charge in [0, 0.05) is 0 Å². The Bertz CT molecular complexity index is 571. The quantitative estimate of drug-likeness (QED) is 0.823. The van der Waals surface area contributed by atoms with E-state index in [1.165, 1.54) is 0 Å². The van der Waals surface area contributed by atoms with Gasteiger partial charge in [0.1, 0.15) is 22.1 Å². The van der Waals surface area contributed by atoms with Crippen LogP contribution < -0.4 is 4.90 Å². The lowest BCUT2D eigenvalue weighted by atomic mass is 10.2. The number of rotatable bonds is 2. The number of nitrogens with zero attached hydrogens (tertiary/aromatic N) is 1. The van der Waals surface area contributed by atoms with E-state index in [2.05, 4.69) is 0 Å². The summed E-state index contributed by atoms with van der Waals surface area (Å²) in [5.41, 5.74) is 0.548. The zero-order chi connectivity index (χ0) is 13.7. The smallest absolute Gasteiger partial charge is 0.346 e. The average molecular weight is 281 g/mol. The Balaban J connectivity index is 2.01. The van der Waals surface area contributed by atoms with Gasteiger partial charge >= 0.3 is 5.97 Å². The van der Waals surface area contributed by atoms with Gasteiger partial charge in [-0.1, -0.05) is 0 Å². The Labute approximate surface area is 112 Å². The molecule has 0 aromatic carbocycles. The van der Waals surface area contributed by atoms with Crippen molar-refractivity contribution in [3.05, 3.63) is 16.5 Å². The minimum Gasteiger partial charge on any atom is -0.477 e. The molecule has 2 bridgehead atoms. The molecule has 1 aromatic rings. The molecule has 1 aromatic heterocycles. The second kappa shape index (κ2) is 4.14. The average Bonchev–Trinajstić information content (AvgIpc) is 2.93. The number of fused-ring (bicyclic) bond motifs is 2. The number of thiophene rings is 1. The number of aromatic carboxylic acids is 1. The molecule has 2 unspecified atom stereocenters. The van der Waals surface area contributed by atoms with E-state index >= 15 is 0 Å². The molecule has 2 atom stereocenters. The van der Waals surface area contributed by atoms with Crippen molar-refractivity contribution < 1.29 is 24.2 Å². The van der Waals surface area contributed by atoms with Gasteiger partial charge < -0.3 is 9.84 Å². The van der Waals surface area contributed by atoms with Crippen LogP contribution >= 0.6 is 11.3 Å². The van der Waals surface area contributed by atoms with Crippen molar-refractivity contribution in [1.82, 2.24) is 0 Å². The van der Waals surface area contributed by atoms with E-state index in [9.17, 15) is 14.4 Å². The largest absolute Gasteiger partial charge is 0.477 e. The topological polar surface area (TPSA) is 83.9 Å². The Kier molecular flexibility index (Phi) is 2.68. The highest BCUT2D eigenvalue weighted by Crippen LogP contribution is 2.36. The summed E-state index contributed by atoms with van der Waals surface area (Å²) in [5, 5.41) is 9.39. The van der Waals surface area contributed by atoms with E-state index < -0.39 is 30.0 Å². The number of carboxylic acid groups (broad SMARTS) is 1. The molecule has 0 radical (unpaired) electrons. The highest BCUT2D eigenvalue weighted by Gasteiger charge is 2.47. The van der Waals surface area contributed by atoms with Crippen LogP contribution in [0.3, 0.4) is 0 Å². The van der Waals surface area contributed by atoms with Gasteiger partial charge in [0.15, 0.2) is 0 Å². The van der Waals surface area contributed by atoms with Crippen molar-refractivity contribution in [1.29, 1.82) is 0 Å². The van der Waals surface area contributed by atoms with Crippen molar-refractivity contribution in [2.75, 3.05) is 4.90 Å². The summed E-state index contributed by atoms with van der Waals surface area (Å²) in [4.78, 5) is 36.5. The van der Waals surface area contributed by atoms with Gasteiger partial charge in [-0.15, -0.1) is 11.3 Å². The van der Waals surface area contributed by atoms with E-state index in [4.69, 9.17) is 9.84 Å². The third kappa shape index (κ3) is 1.77. The van der Waals surface area contributed by atoms with Crippen LogP contribution in [-0.2, 0) is 14.3 Å². The van der Waals surface area contributed by atoms with Gasteiger partial charge in [0.2, 0.25) is 0 Å². The second-order valence-electron chi connectivity index (χ2n) is 4.60. The summed E-state index contributed by atoms with van der Waals surface area (Å²) < 4.78 is 5.31. The molecule has 2 aliphatic rings. The molecule has 2 aliphatic heterocycles. The Morgan fingerprint density at radius 2 is 1.95 bits per heavy atom. The molecular formula is C12H11NO5S. The summed E-state index contributed by atoms with van der Waals surface area (Å²) in [6.45, 7) is 1.65. The molecule has 0 aliphatic carbocycles. The molecule has 2 amide bonds. The number of carbonyl (C=O) groups is 3. The van der Waals surface area contributed by atoms with Crippen LogP contribution in [0.4, 0.5) is 5.00 Å². The van der Waals surface area contributed by atoms with E-state index in [1.807, 2.05) is 0 Å². The van der Waals surface area contributed by atoms with Crippen LogP contribution in [0.5, 0.6) is 0 Å². The summed E-state index contributed by atoms with van der Waals surface area (Å²) in [6, 6.07) is 1.56. The van der Waals surface area contributed by atoms with Gasteiger partial charge in [-0.05, 0) is 31.4 Å². The molecule has 19 heavy (non-hydrogen) atoms. The number of morpholine rings is 1. The predicted molar refractivity (Wildman–Crippen MR) is 66.4 cm³/mol. The number of ether oxygens (including phenoxy) is 1. The maximum atomic E-state index is 12.1. The van der Waals surface area contributed by atoms with Crippen LogP contribution in [0.15, 0.2) is 6.07 Å². The zero-order valence-electron chi connectivity index (χ0n) is 10.1. The van der Waals surface area contributed by atoms with Crippen LogP contribution in [-0.4, -0.2) is 35.1 Å². The standard InChI is InChI=1S/C12H11NO5S/c1-5-4-8(19-9(5)12(16)17)13-10(14)6-2-3-7(18-6)11(13)15/h4,6-7H,2-3H2,1H3,(H,16,17). The summed E-state index contributed by atoms with van der Waals surface area (Å²) in [7, 11) is 0. The first-order valence-corrected chi connectivity index (χ1v) is 6.67. The van der Waals surface area contributed by atoms with Crippen molar-refractivity contribution in [3.63, 3.8) is 0 Å². The maximum absolute atomic E-state index is 12.1. The molecule has 100 valence electrons. The third-order valence-corrected chi connectivity index (χ3v) is 4.54. The fourth-order valence-electron chi connectivity index (χ4n) is 2.40. The van der Waals surface area contributed by atoms with E-state index in [1.54, 1.807) is 13.0 Å². The molecule has 7 heteroatoms. The van der Waals surface area contributed by atoms with Crippen LogP contribution in [0.1, 0.15) is 28.1 Å². The fourth-order valence-corrected chi connectivity index (χ4v) is 3.43. The maximum Gasteiger partial charge on any atom is 0.346 e. The number of carbonyl (C=O) groups excluding carboxylic acids is 2. The second-order valence-corrected chi connectivity index (χ2v) is 5.64. The van der Waals surface area contributed by atoms with Gasteiger partial charge in [0.25, 0.3) is 11.8 Å². The van der Waals surface area contributed by atoms with Gasteiger partial charge in [0.05, 0.1) is 0 Å². The summed E-state index contributed by atoms with van der Waals surface area (Å²) >= 11 is 0.943. The van der Waals surface area contributed by atoms with Gasteiger partial charge in [-0.25, -0.2) is 9.69 Å². The van der Waals surface area contributed by atoms with Crippen molar-refractivity contribution in [3.8, 4) is 0 Å². The molecule has 3 rings (SSSR count). The lowest BCUT2D eigenvalue weighted by Crippen LogP contribution is -2.51. The minimum absolute atomic E-state index is 0.148. The third-order valence-electron chi connectivity index (χ3n) is 3.33. The molecule has 0 saturated carbocycles. The lowest BCUT2D eigenvalue weighted by Gasteiger charge is -2.28. The Morgan fingerprint density at radius 1 is 1.37 bits per heavy atom. The lowest BCUT2D eigenvalue weighted by molar-refractivity contribution is -0.146. The van der Waals surface area contributed by atoms with Gasteiger partial charge in [-0.3, -0.25) is 9.59 Å². The number of amides is 2. The monoisotopic (exact) mass is 281 g/mol. The van der Waals surface area contributed by atoms with Crippen LogP contribution in [0, 0.1) is 6.92 Å². The van der Waals surface area contributed by atoms with Gasteiger partial charge in [-0.2, -0.15) is 0 Å². The van der Waals surface area contributed by atoms with Crippen LogP contribution in [0.2, 0.25) is 0 Å². The molecule has 2 saturated heterocycles. The van der Waals surface area contributed by atoms with Crippen LogP contribution in [0.25, 0.3) is 0 Å². The molecule has 1 N–H and O–H groups in total. The molecule has 0 spiro atoms. The number of imide groups is 1. The Morgan fingerprint density at radius 3 is 2.42 bits per heavy atom. The molecule has 6 nitrogen and oxygen atoms in total. The first-order chi connectivity index (χ1) is 8.99. The van der Waals surface area contributed by atoms with Crippen molar-refractivity contribution in [2.24, 2.45) is 0 Å². The highest BCUT2D eigenvalue weighted by molar-refractivity contribution is 7.18. The minimum atomic E-state index is -1.05. The Hall–Kier alpha value is -1.73. The van der Waals surface area contributed by atoms with Crippen molar-refractivity contribution >= 4 is 34.1 Å². The first kappa shape index (κ1) is 12.3. The molecular weight excluding hydrogens is 270 g/mol. The van der Waals surface area contributed by atoms with E-state index in [0.717, 1.165) is 16.2 Å². The molecule has 2 fully saturated rings. The number of carboxylic acids is 1. The summed E-state index contributed by atoms with van der Waals surface area (Å²) in [6.07, 6.45) is -0.0548.